The molecule has 0 N–H and O–H groups in total. The van der Waals surface area contributed by atoms with Crippen LogP contribution in [0.5, 0.6) is 0 Å². The summed E-state index contributed by atoms with van der Waals surface area (Å²) in [6, 6.07) is 0. The zero-order chi connectivity index (χ0) is 10.7. The van der Waals surface area contributed by atoms with Crippen LogP contribution in [-0.2, 0) is 11.3 Å². The summed E-state index contributed by atoms with van der Waals surface area (Å²) >= 11 is 5.64. The number of aromatic nitrogens is 2. The minimum absolute atomic E-state index is 0.0418. The Hall–Kier alpha value is -0.870. The molecule has 1 aliphatic rings. The largest absolute Gasteiger partial charge is 0.381 e. The highest BCUT2D eigenvalue weighted by atomic mass is 35.5. The summed E-state index contributed by atoms with van der Waals surface area (Å²) in [5.74, 6) is 0.573. The molecule has 1 unspecified atom stereocenters. The lowest BCUT2D eigenvalue weighted by Gasteiger charge is -2.08. The Morgan fingerprint density at radius 3 is 3.27 bits per heavy atom. The summed E-state index contributed by atoms with van der Waals surface area (Å²) < 4.78 is 6.88. The van der Waals surface area contributed by atoms with E-state index in [0.717, 1.165) is 26.1 Å². The molecule has 0 bridgehead atoms. The molecule has 2 rings (SSSR count). The van der Waals surface area contributed by atoms with Crippen LogP contribution in [0.25, 0.3) is 0 Å². The average molecular weight is 229 g/mol. The molecule has 0 spiro atoms. The minimum Gasteiger partial charge on any atom is -0.381 e. The van der Waals surface area contributed by atoms with Crippen molar-refractivity contribution in [2.75, 3.05) is 13.2 Å². The highest BCUT2D eigenvalue weighted by molar-refractivity contribution is 6.29. The normalized spacial score (nSPS) is 20.7. The van der Waals surface area contributed by atoms with Crippen LogP contribution in [0.4, 0.5) is 0 Å². The van der Waals surface area contributed by atoms with Crippen LogP contribution in [0.3, 0.4) is 0 Å². The van der Waals surface area contributed by atoms with Crippen molar-refractivity contribution >= 4 is 11.6 Å². The zero-order valence-electron chi connectivity index (χ0n) is 8.36. The van der Waals surface area contributed by atoms with Gasteiger partial charge < -0.3 is 9.30 Å². The molecule has 82 valence electrons. The van der Waals surface area contributed by atoms with Gasteiger partial charge in [-0.15, -0.1) is 0 Å². The van der Waals surface area contributed by atoms with Crippen LogP contribution in [-0.4, -0.2) is 22.8 Å². The molecule has 2 heterocycles. The molecule has 0 amide bonds. The van der Waals surface area contributed by atoms with Gasteiger partial charge in [0.05, 0.1) is 0 Å². The number of nitrogens with zero attached hydrogens (tertiary/aromatic N) is 2. The Balaban J connectivity index is 1.98. The van der Waals surface area contributed by atoms with Gasteiger partial charge in [-0.3, -0.25) is 4.79 Å². The van der Waals surface area contributed by atoms with Gasteiger partial charge in [0.2, 0.25) is 0 Å². The van der Waals surface area contributed by atoms with Crippen molar-refractivity contribution in [1.82, 2.24) is 9.55 Å². The van der Waals surface area contributed by atoms with Gasteiger partial charge in [-0.05, 0) is 18.8 Å². The van der Waals surface area contributed by atoms with E-state index in [2.05, 4.69) is 4.98 Å². The van der Waals surface area contributed by atoms with Gasteiger partial charge in [0.1, 0.15) is 0 Å². The number of ether oxygens (including phenoxy) is 1. The van der Waals surface area contributed by atoms with E-state index in [0.29, 0.717) is 12.5 Å². The molecule has 1 aromatic heterocycles. The number of halogens is 1. The maximum absolute atomic E-state index is 11.5. The molecule has 1 atom stereocenters. The Morgan fingerprint density at radius 1 is 1.67 bits per heavy atom. The smallest absolute Gasteiger partial charge is 0.288 e. The quantitative estimate of drug-likeness (QED) is 0.784. The molecule has 0 radical (unpaired) electrons. The number of aryl methyl sites for hydroxylation is 1. The van der Waals surface area contributed by atoms with Gasteiger partial charge in [-0.1, -0.05) is 11.6 Å². The van der Waals surface area contributed by atoms with Crippen LogP contribution in [0.2, 0.25) is 5.15 Å². The summed E-state index contributed by atoms with van der Waals surface area (Å²) in [6.07, 6.45) is 5.27. The van der Waals surface area contributed by atoms with Crippen LogP contribution in [0, 0.1) is 5.92 Å². The first-order chi connectivity index (χ1) is 7.27. The summed E-state index contributed by atoms with van der Waals surface area (Å²) in [5, 5.41) is 0.0418. The van der Waals surface area contributed by atoms with Crippen molar-refractivity contribution in [3.63, 3.8) is 0 Å². The van der Waals surface area contributed by atoms with Gasteiger partial charge in [0.25, 0.3) is 5.56 Å². The second kappa shape index (κ2) is 4.77. The van der Waals surface area contributed by atoms with E-state index in [1.54, 1.807) is 17.0 Å². The lowest BCUT2D eigenvalue weighted by Crippen LogP contribution is -2.22. The van der Waals surface area contributed by atoms with Gasteiger partial charge in [-0.2, -0.15) is 0 Å². The first-order valence-electron chi connectivity index (χ1n) is 5.06. The fourth-order valence-corrected chi connectivity index (χ4v) is 1.89. The molecular weight excluding hydrogens is 216 g/mol. The molecule has 0 saturated carbocycles. The van der Waals surface area contributed by atoms with Gasteiger partial charge in [0.15, 0.2) is 5.15 Å². The van der Waals surface area contributed by atoms with Crippen molar-refractivity contribution in [2.45, 2.75) is 19.4 Å². The first-order valence-corrected chi connectivity index (χ1v) is 5.44. The fraction of sp³-hybridized carbons (Fsp3) is 0.600. The third-order valence-corrected chi connectivity index (χ3v) is 2.93. The van der Waals surface area contributed by atoms with Gasteiger partial charge in [0, 0.05) is 32.2 Å². The molecule has 1 fully saturated rings. The van der Waals surface area contributed by atoms with Crippen molar-refractivity contribution < 1.29 is 4.74 Å². The number of rotatable bonds is 3. The topological polar surface area (TPSA) is 44.1 Å². The highest BCUT2D eigenvalue weighted by Gasteiger charge is 2.15. The summed E-state index contributed by atoms with van der Waals surface area (Å²) in [7, 11) is 0. The Labute approximate surface area is 92.8 Å². The monoisotopic (exact) mass is 228 g/mol. The molecule has 15 heavy (non-hydrogen) atoms. The Kier molecular flexibility index (Phi) is 3.38. The third-order valence-electron chi connectivity index (χ3n) is 2.67. The standard InChI is InChI=1S/C10H13ClN2O2/c11-9-10(14)13(5-3-12-9)4-1-8-2-6-15-7-8/h3,5,8H,1-2,4,6-7H2. The van der Waals surface area contributed by atoms with E-state index < -0.39 is 0 Å². The van der Waals surface area contributed by atoms with Gasteiger partial charge in [-0.25, -0.2) is 4.98 Å². The van der Waals surface area contributed by atoms with Crippen molar-refractivity contribution in [3.05, 3.63) is 27.9 Å². The first kappa shape index (κ1) is 10.6. The van der Waals surface area contributed by atoms with Crippen LogP contribution in [0.15, 0.2) is 17.2 Å². The van der Waals surface area contributed by atoms with E-state index in [4.69, 9.17) is 16.3 Å². The maximum Gasteiger partial charge on any atom is 0.288 e. The fourth-order valence-electron chi connectivity index (χ4n) is 1.73. The second-order valence-corrected chi connectivity index (χ2v) is 4.09. The van der Waals surface area contributed by atoms with Crippen molar-refractivity contribution in [3.8, 4) is 0 Å². The van der Waals surface area contributed by atoms with E-state index in [1.807, 2.05) is 0 Å². The lowest BCUT2D eigenvalue weighted by molar-refractivity contribution is 0.183. The predicted molar refractivity (Wildman–Crippen MR) is 57.1 cm³/mol. The van der Waals surface area contributed by atoms with Crippen LogP contribution < -0.4 is 5.56 Å². The Morgan fingerprint density at radius 2 is 2.53 bits per heavy atom. The maximum atomic E-state index is 11.5. The molecule has 0 aliphatic carbocycles. The van der Waals surface area contributed by atoms with Crippen molar-refractivity contribution in [2.24, 2.45) is 5.92 Å². The molecule has 1 saturated heterocycles. The molecule has 5 heteroatoms. The molecule has 1 aliphatic heterocycles. The SMILES string of the molecule is O=c1c(Cl)nccn1CCC1CCOC1. The molecule has 0 aromatic carbocycles. The van der Waals surface area contributed by atoms with Crippen molar-refractivity contribution in [1.29, 1.82) is 0 Å². The second-order valence-electron chi connectivity index (χ2n) is 3.73. The average Bonchev–Trinajstić information content (AvgIpc) is 2.73. The molecule has 4 nitrogen and oxygen atoms in total. The summed E-state index contributed by atoms with van der Waals surface area (Å²) in [5.41, 5.74) is -0.210. The lowest BCUT2D eigenvalue weighted by atomic mass is 10.1. The zero-order valence-corrected chi connectivity index (χ0v) is 9.11. The predicted octanol–water partition coefficient (Wildman–Crippen LogP) is 1.32. The third kappa shape index (κ3) is 2.58. The number of hydrogen-bond acceptors (Lipinski definition) is 3. The summed E-state index contributed by atoms with van der Waals surface area (Å²) in [6.45, 7) is 2.35. The van der Waals surface area contributed by atoms with E-state index in [-0.39, 0.29) is 10.7 Å². The van der Waals surface area contributed by atoms with E-state index in [1.165, 1.54) is 0 Å². The molecule has 1 aromatic rings. The Bertz CT molecular complexity index is 385. The van der Waals surface area contributed by atoms with Gasteiger partial charge >= 0.3 is 0 Å². The van der Waals surface area contributed by atoms with Crippen LogP contribution >= 0.6 is 11.6 Å². The number of hydrogen-bond donors (Lipinski definition) is 0. The minimum atomic E-state index is -0.210. The van der Waals surface area contributed by atoms with E-state index >= 15 is 0 Å². The van der Waals surface area contributed by atoms with E-state index in [9.17, 15) is 4.79 Å². The van der Waals surface area contributed by atoms with Crippen LogP contribution in [0.1, 0.15) is 12.8 Å². The molecular formula is C10H13ClN2O2. The highest BCUT2D eigenvalue weighted by Crippen LogP contribution is 2.16. The summed E-state index contributed by atoms with van der Waals surface area (Å²) in [4.78, 5) is 15.2.